The molecule has 0 saturated carbocycles. The molecule has 0 saturated heterocycles. The van der Waals surface area contributed by atoms with Crippen molar-refractivity contribution in [3.8, 4) is 0 Å². The van der Waals surface area contributed by atoms with Crippen LogP contribution in [-0.2, 0) is 17.9 Å². The number of rotatable bonds is 5. The molecule has 1 amide bonds. The Hall–Kier alpha value is -2.96. The van der Waals surface area contributed by atoms with Crippen LogP contribution in [0.5, 0.6) is 0 Å². The summed E-state index contributed by atoms with van der Waals surface area (Å²) in [5.74, 6) is -2.61. The fourth-order valence-electron chi connectivity index (χ4n) is 2.62. The molecule has 3 aromatic rings. The maximum atomic E-state index is 13.2. The van der Waals surface area contributed by atoms with Crippen LogP contribution in [0.2, 0.25) is 0 Å². The molecule has 0 aliphatic rings. The number of carbonyl (C=O) groups is 1. The number of benzene rings is 2. The summed E-state index contributed by atoms with van der Waals surface area (Å²) in [6.45, 7) is 0.327. The number of para-hydroxylation sites is 2. The lowest BCUT2D eigenvalue weighted by Crippen LogP contribution is -2.28. The zero-order valence-corrected chi connectivity index (χ0v) is 13.5. The molecule has 130 valence electrons. The van der Waals surface area contributed by atoms with Crippen molar-refractivity contribution in [1.29, 1.82) is 0 Å². The second-order valence-electron chi connectivity index (χ2n) is 5.74. The van der Waals surface area contributed by atoms with Crippen molar-refractivity contribution >= 4 is 17.0 Å². The predicted molar refractivity (Wildman–Crippen MR) is 87.9 cm³/mol. The van der Waals surface area contributed by atoms with Gasteiger partial charge in [-0.15, -0.1) is 0 Å². The van der Waals surface area contributed by atoms with Crippen LogP contribution in [0.3, 0.4) is 0 Å². The first-order valence-electron chi connectivity index (χ1n) is 7.72. The molecule has 3 rings (SSSR count). The number of oxazole rings is 1. The highest BCUT2D eigenvalue weighted by Crippen LogP contribution is 2.13. The minimum atomic E-state index is -0.949. The van der Waals surface area contributed by atoms with Gasteiger partial charge in [-0.3, -0.25) is 9.36 Å². The van der Waals surface area contributed by atoms with E-state index >= 15 is 0 Å². The Morgan fingerprint density at radius 3 is 2.68 bits per heavy atom. The van der Waals surface area contributed by atoms with Gasteiger partial charge in [0.2, 0.25) is 5.91 Å². The van der Waals surface area contributed by atoms with Gasteiger partial charge in [0.1, 0.15) is 0 Å². The number of amides is 1. The summed E-state index contributed by atoms with van der Waals surface area (Å²) >= 11 is 0. The molecule has 0 N–H and O–H groups in total. The number of aryl methyl sites for hydroxylation is 1. The Balaban J connectivity index is 1.66. The number of hydrogen-bond acceptors (Lipinski definition) is 3. The highest BCUT2D eigenvalue weighted by molar-refractivity contribution is 5.76. The third-order valence-electron chi connectivity index (χ3n) is 3.95. The Labute approximate surface area is 142 Å². The number of nitrogens with zero attached hydrogens (tertiary/aromatic N) is 2. The Kier molecular flexibility index (Phi) is 4.65. The Morgan fingerprint density at radius 1 is 1.16 bits per heavy atom. The van der Waals surface area contributed by atoms with Gasteiger partial charge in [-0.25, -0.2) is 13.6 Å². The summed E-state index contributed by atoms with van der Waals surface area (Å²) in [6.07, 6.45) is 0.0869. The van der Waals surface area contributed by atoms with Gasteiger partial charge in [-0.1, -0.05) is 18.2 Å². The molecule has 5 nitrogen and oxygen atoms in total. The SMILES string of the molecule is CN(Cc1ccc(F)c(F)c1)C(=O)CCn1c(=O)oc2ccccc21. The van der Waals surface area contributed by atoms with E-state index in [4.69, 9.17) is 4.42 Å². The molecule has 0 aliphatic heterocycles. The topological polar surface area (TPSA) is 55.5 Å². The van der Waals surface area contributed by atoms with E-state index < -0.39 is 17.4 Å². The zero-order chi connectivity index (χ0) is 18.0. The van der Waals surface area contributed by atoms with Crippen LogP contribution in [-0.4, -0.2) is 22.4 Å². The van der Waals surface area contributed by atoms with Gasteiger partial charge in [0.25, 0.3) is 0 Å². The van der Waals surface area contributed by atoms with Crippen molar-refractivity contribution < 1.29 is 18.0 Å². The maximum absolute atomic E-state index is 13.2. The van der Waals surface area contributed by atoms with Gasteiger partial charge >= 0.3 is 5.76 Å². The van der Waals surface area contributed by atoms with Crippen LogP contribution >= 0.6 is 0 Å². The van der Waals surface area contributed by atoms with Gasteiger partial charge in [0.15, 0.2) is 17.2 Å². The number of aromatic nitrogens is 1. The summed E-state index contributed by atoms with van der Waals surface area (Å²) in [5.41, 5.74) is 1.58. The quantitative estimate of drug-likeness (QED) is 0.714. The third-order valence-corrected chi connectivity index (χ3v) is 3.95. The molecule has 25 heavy (non-hydrogen) atoms. The number of fused-ring (bicyclic) bond motifs is 1. The minimum absolute atomic E-state index is 0.0869. The van der Waals surface area contributed by atoms with Crippen molar-refractivity contribution in [2.24, 2.45) is 0 Å². The van der Waals surface area contributed by atoms with Crippen molar-refractivity contribution in [1.82, 2.24) is 9.47 Å². The highest BCUT2D eigenvalue weighted by atomic mass is 19.2. The van der Waals surface area contributed by atoms with E-state index in [1.807, 2.05) is 0 Å². The van der Waals surface area contributed by atoms with Crippen LogP contribution in [0, 0.1) is 11.6 Å². The summed E-state index contributed by atoms with van der Waals surface area (Å²) in [4.78, 5) is 25.5. The van der Waals surface area contributed by atoms with E-state index in [-0.39, 0.29) is 25.4 Å². The van der Waals surface area contributed by atoms with Crippen LogP contribution in [0.4, 0.5) is 8.78 Å². The maximum Gasteiger partial charge on any atom is 0.419 e. The molecular weight excluding hydrogens is 330 g/mol. The second kappa shape index (κ2) is 6.88. The minimum Gasteiger partial charge on any atom is -0.408 e. The van der Waals surface area contributed by atoms with Crippen molar-refractivity contribution in [2.75, 3.05) is 7.05 Å². The van der Waals surface area contributed by atoms with E-state index in [2.05, 4.69) is 0 Å². The summed E-state index contributed by atoms with van der Waals surface area (Å²) < 4.78 is 32.7. The standard InChI is InChI=1S/C18H16F2N2O3/c1-21(11-12-6-7-13(19)14(20)10-12)17(23)8-9-22-15-4-2-3-5-16(15)25-18(22)24/h2-7,10H,8-9,11H2,1H3. The highest BCUT2D eigenvalue weighted by Gasteiger charge is 2.14. The van der Waals surface area contributed by atoms with E-state index in [9.17, 15) is 18.4 Å². The molecule has 1 heterocycles. The van der Waals surface area contributed by atoms with Crippen LogP contribution in [0.25, 0.3) is 11.1 Å². The fraction of sp³-hybridized carbons (Fsp3) is 0.222. The lowest BCUT2D eigenvalue weighted by Gasteiger charge is -2.17. The molecular formula is C18H16F2N2O3. The molecule has 7 heteroatoms. The first kappa shape index (κ1) is 16.9. The third kappa shape index (κ3) is 3.60. The lowest BCUT2D eigenvalue weighted by molar-refractivity contribution is -0.130. The number of halogens is 2. The van der Waals surface area contributed by atoms with E-state index in [0.29, 0.717) is 16.7 Å². The van der Waals surface area contributed by atoms with Gasteiger partial charge in [-0.2, -0.15) is 0 Å². The molecule has 0 atom stereocenters. The van der Waals surface area contributed by atoms with Crippen molar-refractivity contribution in [2.45, 2.75) is 19.5 Å². The average molecular weight is 346 g/mol. The first-order valence-corrected chi connectivity index (χ1v) is 7.72. The van der Waals surface area contributed by atoms with E-state index in [1.54, 1.807) is 31.3 Å². The predicted octanol–water partition coefficient (Wildman–Crippen LogP) is 2.92. The largest absolute Gasteiger partial charge is 0.419 e. The molecule has 0 aliphatic carbocycles. The van der Waals surface area contributed by atoms with Gasteiger partial charge in [0.05, 0.1) is 5.52 Å². The summed E-state index contributed by atoms with van der Waals surface area (Å²) in [7, 11) is 1.57. The fourth-order valence-corrected chi connectivity index (χ4v) is 2.62. The van der Waals surface area contributed by atoms with Gasteiger partial charge in [-0.05, 0) is 29.8 Å². The molecule has 0 radical (unpaired) electrons. The summed E-state index contributed by atoms with van der Waals surface area (Å²) in [6, 6.07) is 10.5. The monoisotopic (exact) mass is 346 g/mol. The Morgan fingerprint density at radius 2 is 1.92 bits per heavy atom. The number of hydrogen-bond donors (Lipinski definition) is 0. The zero-order valence-electron chi connectivity index (χ0n) is 13.5. The normalized spacial score (nSPS) is 11.0. The van der Waals surface area contributed by atoms with E-state index in [0.717, 1.165) is 12.1 Å². The molecule has 2 aromatic carbocycles. The van der Waals surface area contributed by atoms with E-state index in [1.165, 1.54) is 15.5 Å². The van der Waals surface area contributed by atoms with Gasteiger partial charge < -0.3 is 9.32 Å². The molecule has 0 fully saturated rings. The second-order valence-corrected chi connectivity index (χ2v) is 5.74. The van der Waals surface area contributed by atoms with Crippen LogP contribution in [0.1, 0.15) is 12.0 Å². The smallest absolute Gasteiger partial charge is 0.408 e. The molecule has 0 bridgehead atoms. The Bertz CT molecular complexity index is 978. The van der Waals surface area contributed by atoms with Crippen LogP contribution in [0.15, 0.2) is 51.7 Å². The van der Waals surface area contributed by atoms with Crippen molar-refractivity contribution in [3.63, 3.8) is 0 Å². The number of carbonyl (C=O) groups excluding carboxylic acids is 1. The summed E-state index contributed by atoms with van der Waals surface area (Å²) in [5, 5.41) is 0. The first-order chi connectivity index (χ1) is 12.0. The lowest BCUT2D eigenvalue weighted by atomic mass is 10.2. The van der Waals surface area contributed by atoms with Crippen molar-refractivity contribution in [3.05, 3.63) is 70.2 Å². The molecule has 0 spiro atoms. The van der Waals surface area contributed by atoms with Crippen LogP contribution < -0.4 is 5.76 Å². The van der Waals surface area contributed by atoms with Gasteiger partial charge in [0, 0.05) is 26.6 Å². The molecule has 1 aromatic heterocycles. The average Bonchev–Trinajstić information content (AvgIpc) is 2.91. The molecule has 0 unspecified atom stereocenters.